The maximum absolute atomic E-state index is 11.7. The topological polar surface area (TPSA) is 116 Å². The fourth-order valence-corrected chi connectivity index (χ4v) is 6.43. The summed E-state index contributed by atoms with van der Waals surface area (Å²) in [7, 11) is 0. The Bertz CT molecular complexity index is 726. The van der Waals surface area contributed by atoms with Crippen molar-refractivity contribution in [3.8, 4) is 0 Å². The highest BCUT2D eigenvalue weighted by Gasteiger charge is 2.34. The van der Waals surface area contributed by atoms with Crippen molar-refractivity contribution in [1.29, 1.82) is 0 Å². The lowest BCUT2D eigenvalue weighted by Gasteiger charge is -2.22. The van der Waals surface area contributed by atoms with Gasteiger partial charge in [0.25, 0.3) is 0 Å². The second-order valence-corrected chi connectivity index (χ2v) is 13.1. The lowest BCUT2D eigenvalue weighted by Crippen LogP contribution is -2.31. The van der Waals surface area contributed by atoms with Gasteiger partial charge in [-0.25, -0.2) is 4.79 Å². The van der Waals surface area contributed by atoms with E-state index in [0.29, 0.717) is 24.8 Å². The quantitative estimate of drug-likeness (QED) is 0.0624. The van der Waals surface area contributed by atoms with Gasteiger partial charge in [0, 0.05) is 12.0 Å². The van der Waals surface area contributed by atoms with Crippen molar-refractivity contribution in [2.75, 3.05) is 0 Å². The van der Waals surface area contributed by atoms with Crippen LogP contribution in [0.4, 0.5) is 0 Å². The fraction of sp³-hybridized carbons (Fsp3) is 0.914. The van der Waals surface area contributed by atoms with Crippen molar-refractivity contribution in [3.63, 3.8) is 0 Å². The van der Waals surface area contributed by atoms with Crippen molar-refractivity contribution in [3.05, 3.63) is 11.6 Å². The van der Waals surface area contributed by atoms with E-state index in [0.717, 1.165) is 70.6 Å². The molecule has 42 heavy (non-hydrogen) atoms. The van der Waals surface area contributed by atoms with Gasteiger partial charge in [-0.1, -0.05) is 96.8 Å². The van der Waals surface area contributed by atoms with E-state index in [1.165, 1.54) is 57.8 Å². The Morgan fingerprint density at radius 3 is 1.62 bits per heavy atom. The summed E-state index contributed by atoms with van der Waals surface area (Å²) < 4.78 is 11.1. The predicted molar refractivity (Wildman–Crippen MR) is 168 cm³/mol. The van der Waals surface area contributed by atoms with Crippen LogP contribution < -0.4 is 0 Å². The third-order valence-electron chi connectivity index (χ3n) is 9.11. The normalized spacial score (nSPS) is 23.5. The molecule has 7 nitrogen and oxygen atoms in total. The summed E-state index contributed by atoms with van der Waals surface area (Å²) in [6.45, 7) is 4.06. The molecule has 7 heteroatoms. The predicted octanol–water partition coefficient (Wildman–Crippen LogP) is 7.06. The zero-order chi connectivity index (χ0) is 30.6. The third kappa shape index (κ3) is 16.2. The molecule has 0 aliphatic carbocycles. The number of hydrogen-bond donors (Lipinski definition) is 4. The molecule has 1 saturated heterocycles. The van der Waals surface area contributed by atoms with Gasteiger partial charge in [0.1, 0.15) is 6.10 Å². The Morgan fingerprint density at radius 1 is 0.667 bits per heavy atom. The first-order valence-corrected chi connectivity index (χ1v) is 17.6. The molecular formula is C35H64O7. The van der Waals surface area contributed by atoms with Gasteiger partial charge in [0.05, 0.1) is 36.6 Å². The lowest BCUT2D eigenvalue weighted by molar-refractivity contribution is -0.139. The minimum absolute atomic E-state index is 0.134. The molecule has 1 fully saturated rings. The number of carbonyl (C=O) groups excluding carboxylic acids is 1. The number of ether oxygens (including phenoxy) is 2. The van der Waals surface area contributed by atoms with E-state index in [4.69, 9.17) is 9.47 Å². The van der Waals surface area contributed by atoms with Crippen LogP contribution in [0.5, 0.6) is 0 Å². The van der Waals surface area contributed by atoms with E-state index in [1.54, 1.807) is 13.0 Å². The summed E-state index contributed by atoms with van der Waals surface area (Å²) in [4.78, 5) is 11.7. The molecule has 0 aromatic heterocycles. The molecule has 2 heterocycles. The molecule has 2 aliphatic heterocycles. The zero-order valence-electron chi connectivity index (χ0n) is 26.9. The molecule has 0 amide bonds. The highest BCUT2D eigenvalue weighted by atomic mass is 16.5. The number of aliphatic hydroxyl groups excluding tert-OH is 4. The van der Waals surface area contributed by atoms with Crippen LogP contribution in [0.15, 0.2) is 11.6 Å². The number of cyclic esters (lactones) is 1. The molecule has 0 bridgehead atoms. The number of aliphatic hydroxyl groups is 4. The van der Waals surface area contributed by atoms with E-state index < -0.39 is 18.3 Å². The highest BCUT2D eigenvalue weighted by molar-refractivity contribution is 5.90. The monoisotopic (exact) mass is 596 g/mol. The maximum atomic E-state index is 11.7. The summed E-state index contributed by atoms with van der Waals surface area (Å²) in [5.74, 6) is -0.331. The second kappa shape index (κ2) is 22.5. The lowest BCUT2D eigenvalue weighted by atomic mass is 9.99. The second-order valence-electron chi connectivity index (χ2n) is 13.1. The number of rotatable bonds is 26. The highest BCUT2D eigenvalue weighted by Crippen LogP contribution is 2.28. The molecule has 0 aromatic rings. The standard InChI is InChI=1S/C35H64O7/c1-3-4-5-6-7-8-9-10-11-15-21-31(38)33-23-24-34(42-33)32(39)22-16-13-12-14-18-29(36)19-17-20-30(37)26-28-25-27(2)41-35(28)40/h25,27,29-34,36-39H,3-24,26H2,1-2H3/t27-,29-,30+,31+,32+,33+,34+/m0/s1. The summed E-state index contributed by atoms with van der Waals surface area (Å²) >= 11 is 0. The summed E-state index contributed by atoms with van der Waals surface area (Å²) in [5, 5.41) is 41.7. The van der Waals surface area contributed by atoms with Crippen molar-refractivity contribution >= 4 is 5.97 Å². The van der Waals surface area contributed by atoms with Crippen LogP contribution in [-0.2, 0) is 14.3 Å². The van der Waals surface area contributed by atoms with Crippen LogP contribution in [0.2, 0.25) is 0 Å². The molecule has 2 aliphatic rings. The number of esters is 1. The van der Waals surface area contributed by atoms with Crippen LogP contribution in [0.25, 0.3) is 0 Å². The molecular weight excluding hydrogens is 532 g/mol. The SMILES string of the molecule is CCCCCCCCCCCC[C@@H](O)[C@H]1CC[C@H]([C@H](O)CCCCCC[C@H](O)CCC[C@@H](O)CC2=C[C@H](C)OC2=O)O1. The van der Waals surface area contributed by atoms with Gasteiger partial charge in [-0.2, -0.15) is 0 Å². The fourth-order valence-electron chi connectivity index (χ4n) is 6.43. The van der Waals surface area contributed by atoms with Gasteiger partial charge >= 0.3 is 5.97 Å². The molecule has 0 unspecified atom stereocenters. The summed E-state index contributed by atoms with van der Waals surface area (Å²) in [6, 6.07) is 0. The minimum atomic E-state index is -0.584. The van der Waals surface area contributed by atoms with Crippen LogP contribution in [0.3, 0.4) is 0 Å². The average Bonchev–Trinajstić information content (AvgIpc) is 3.57. The largest absolute Gasteiger partial charge is 0.455 e. The van der Waals surface area contributed by atoms with Gasteiger partial charge in [0.15, 0.2) is 0 Å². The molecule has 0 saturated carbocycles. The number of unbranched alkanes of at least 4 members (excludes halogenated alkanes) is 12. The molecule has 4 N–H and O–H groups in total. The van der Waals surface area contributed by atoms with E-state index in [9.17, 15) is 25.2 Å². The van der Waals surface area contributed by atoms with Crippen LogP contribution in [0.1, 0.15) is 162 Å². The Balaban J connectivity index is 1.41. The Hall–Kier alpha value is -0.990. The van der Waals surface area contributed by atoms with Crippen LogP contribution in [-0.4, -0.2) is 69.1 Å². The van der Waals surface area contributed by atoms with Crippen LogP contribution in [0, 0.1) is 0 Å². The first kappa shape index (κ1) is 37.2. The maximum Gasteiger partial charge on any atom is 0.334 e. The zero-order valence-corrected chi connectivity index (χ0v) is 26.9. The van der Waals surface area contributed by atoms with E-state index in [2.05, 4.69) is 6.92 Å². The van der Waals surface area contributed by atoms with E-state index in [1.807, 2.05) is 0 Å². The van der Waals surface area contributed by atoms with E-state index >= 15 is 0 Å². The molecule has 0 aromatic carbocycles. The third-order valence-corrected chi connectivity index (χ3v) is 9.11. The molecule has 7 atom stereocenters. The molecule has 0 radical (unpaired) electrons. The average molecular weight is 597 g/mol. The Morgan fingerprint density at radius 2 is 1.12 bits per heavy atom. The van der Waals surface area contributed by atoms with Crippen molar-refractivity contribution < 1.29 is 34.7 Å². The molecule has 246 valence electrons. The van der Waals surface area contributed by atoms with Crippen molar-refractivity contribution in [2.24, 2.45) is 0 Å². The Kier molecular flexibility index (Phi) is 19.9. The van der Waals surface area contributed by atoms with Gasteiger partial charge in [0.2, 0.25) is 0 Å². The van der Waals surface area contributed by atoms with E-state index in [-0.39, 0.29) is 30.4 Å². The first-order chi connectivity index (χ1) is 20.3. The van der Waals surface area contributed by atoms with Crippen molar-refractivity contribution in [2.45, 2.75) is 204 Å². The van der Waals surface area contributed by atoms with Crippen molar-refractivity contribution in [1.82, 2.24) is 0 Å². The summed E-state index contributed by atoms with van der Waals surface area (Å²) in [5.41, 5.74) is 0.553. The number of carbonyl (C=O) groups is 1. The van der Waals surface area contributed by atoms with Gasteiger partial charge in [-0.15, -0.1) is 0 Å². The van der Waals surface area contributed by atoms with Gasteiger partial charge in [-0.05, 0) is 64.4 Å². The van der Waals surface area contributed by atoms with Crippen LogP contribution >= 0.6 is 0 Å². The van der Waals surface area contributed by atoms with Gasteiger partial charge < -0.3 is 29.9 Å². The molecule has 0 spiro atoms. The Labute approximate surface area is 256 Å². The number of hydrogen-bond acceptors (Lipinski definition) is 7. The minimum Gasteiger partial charge on any atom is -0.455 e. The smallest absolute Gasteiger partial charge is 0.334 e. The first-order valence-electron chi connectivity index (χ1n) is 17.6. The summed E-state index contributed by atoms with van der Waals surface area (Å²) in [6.07, 6.45) is 22.4. The molecule has 2 rings (SSSR count). The van der Waals surface area contributed by atoms with Gasteiger partial charge in [-0.3, -0.25) is 0 Å².